The number of hydrogen-bond acceptors (Lipinski definition) is 3. The summed E-state index contributed by atoms with van der Waals surface area (Å²) in [6, 6.07) is 5.71. The van der Waals surface area contributed by atoms with E-state index in [0.717, 1.165) is 11.3 Å². The van der Waals surface area contributed by atoms with Crippen molar-refractivity contribution in [2.45, 2.75) is 31.6 Å². The van der Waals surface area contributed by atoms with Crippen molar-refractivity contribution < 1.29 is 4.74 Å². The Morgan fingerprint density at radius 3 is 2.59 bits per heavy atom. The molecular weight excluding hydrogens is 254 g/mol. The molecule has 0 heterocycles. The number of ether oxygens (including phenoxy) is 1. The van der Waals surface area contributed by atoms with Crippen LogP contribution in [0.4, 0.5) is 0 Å². The van der Waals surface area contributed by atoms with E-state index in [0.29, 0.717) is 10.8 Å². The van der Waals surface area contributed by atoms with Crippen LogP contribution in [0.25, 0.3) is 0 Å². The van der Waals surface area contributed by atoms with Crippen molar-refractivity contribution in [2.24, 2.45) is 5.73 Å². The molecule has 2 N–H and O–H groups in total. The van der Waals surface area contributed by atoms with Gasteiger partial charge in [-0.3, -0.25) is 0 Å². The highest BCUT2D eigenvalue weighted by molar-refractivity contribution is 8.00. The van der Waals surface area contributed by atoms with Crippen LogP contribution in [-0.4, -0.2) is 17.6 Å². The summed E-state index contributed by atoms with van der Waals surface area (Å²) in [7, 11) is 1.61. The molecule has 0 aromatic heterocycles. The number of nitrogens with two attached hydrogens (primary N) is 1. The summed E-state index contributed by atoms with van der Waals surface area (Å²) in [6.45, 7) is 6.56. The summed E-state index contributed by atoms with van der Waals surface area (Å²) in [5.41, 5.74) is 7.21. The highest BCUT2D eigenvalue weighted by Crippen LogP contribution is 2.31. The molecule has 4 heteroatoms. The molecule has 0 aliphatic rings. The van der Waals surface area contributed by atoms with E-state index >= 15 is 0 Å². The number of rotatable bonds is 4. The topological polar surface area (TPSA) is 35.2 Å². The van der Waals surface area contributed by atoms with Crippen LogP contribution < -0.4 is 10.5 Å². The van der Waals surface area contributed by atoms with Crippen molar-refractivity contribution in [3.8, 4) is 5.75 Å². The molecule has 0 spiro atoms. The van der Waals surface area contributed by atoms with E-state index in [-0.39, 0.29) is 10.8 Å². The van der Waals surface area contributed by atoms with Crippen LogP contribution >= 0.6 is 23.4 Å². The van der Waals surface area contributed by atoms with E-state index in [4.69, 9.17) is 22.1 Å². The molecular formula is C13H20ClNOS. The number of benzene rings is 1. The van der Waals surface area contributed by atoms with E-state index in [1.54, 1.807) is 7.11 Å². The lowest BCUT2D eigenvalue weighted by Crippen LogP contribution is -2.18. The second-order valence-electron chi connectivity index (χ2n) is 4.92. The van der Waals surface area contributed by atoms with Gasteiger partial charge in [0.25, 0.3) is 0 Å². The summed E-state index contributed by atoms with van der Waals surface area (Å²) < 4.78 is 5.42. The fourth-order valence-corrected chi connectivity index (χ4v) is 2.41. The van der Waals surface area contributed by atoms with E-state index < -0.39 is 0 Å². The van der Waals surface area contributed by atoms with Crippen molar-refractivity contribution in [2.75, 3.05) is 12.9 Å². The third-order valence-electron chi connectivity index (χ3n) is 2.30. The molecule has 1 atom stereocenters. The third-order valence-corrected chi connectivity index (χ3v) is 4.00. The standard InChI is InChI=1S/C13H20ClNOS/c1-13(2,3)17-8-11(15)9-5-6-10(14)12(7-9)16-4/h5-7,11H,8,15H2,1-4H3. The fourth-order valence-electron chi connectivity index (χ4n) is 1.34. The maximum atomic E-state index is 6.16. The Hall–Kier alpha value is -0.380. The van der Waals surface area contributed by atoms with E-state index in [2.05, 4.69) is 20.8 Å². The number of methoxy groups -OCH3 is 1. The summed E-state index contributed by atoms with van der Waals surface area (Å²) in [5, 5.41) is 0.618. The summed E-state index contributed by atoms with van der Waals surface area (Å²) in [6.07, 6.45) is 0. The first-order valence-corrected chi connectivity index (χ1v) is 6.93. The lowest BCUT2D eigenvalue weighted by Gasteiger charge is -2.21. The maximum Gasteiger partial charge on any atom is 0.137 e. The fraction of sp³-hybridized carbons (Fsp3) is 0.538. The predicted molar refractivity (Wildman–Crippen MR) is 77.1 cm³/mol. The van der Waals surface area contributed by atoms with Crippen LogP contribution in [0.3, 0.4) is 0 Å². The van der Waals surface area contributed by atoms with Crippen LogP contribution in [0.15, 0.2) is 18.2 Å². The Labute approximate surface area is 113 Å². The van der Waals surface area contributed by atoms with Gasteiger partial charge in [-0.25, -0.2) is 0 Å². The van der Waals surface area contributed by atoms with Crippen molar-refractivity contribution in [3.05, 3.63) is 28.8 Å². The summed E-state index contributed by atoms with van der Waals surface area (Å²) >= 11 is 7.84. The van der Waals surface area contributed by atoms with Gasteiger partial charge in [0.1, 0.15) is 5.75 Å². The molecule has 96 valence electrons. The van der Waals surface area contributed by atoms with Gasteiger partial charge < -0.3 is 10.5 Å². The molecule has 0 saturated carbocycles. The average molecular weight is 274 g/mol. The third kappa shape index (κ3) is 4.78. The molecule has 0 radical (unpaired) electrons. The van der Waals surface area contributed by atoms with Crippen molar-refractivity contribution in [1.82, 2.24) is 0 Å². The normalized spacial score (nSPS) is 13.5. The van der Waals surface area contributed by atoms with Gasteiger partial charge >= 0.3 is 0 Å². The SMILES string of the molecule is COc1cc(C(N)CSC(C)(C)C)ccc1Cl. The minimum absolute atomic E-state index is 0.00499. The first kappa shape index (κ1) is 14.7. The number of hydrogen-bond donors (Lipinski definition) is 1. The molecule has 0 bridgehead atoms. The Balaban J connectivity index is 2.72. The van der Waals surface area contributed by atoms with Gasteiger partial charge in [-0.05, 0) is 17.7 Å². The van der Waals surface area contributed by atoms with E-state index in [1.165, 1.54) is 0 Å². The van der Waals surface area contributed by atoms with Crippen molar-refractivity contribution in [1.29, 1.82) is 0 Å². The van der Waals surface area contributed by atoms with Gasteiger partial charge in [0.2, 0.25) is 0 Å². The van der Waals surface area contributed by atoms with Crippen molar-refractivity contribution in [3.63, 3.8) is 0 Å². The first-order chi connectivity index (χ1) is 7.83. The van der Waals surface area contributed by atoms with Gasteiger partial charge in [0, 0.05) is 16.5 Å². The quantitative estimate of drug-likeness (QED) is 0.904. The monoisotopic (exact) mass is 273 g/mol. The van der Waals surface area contributed by atoms with Gasteiger partial charge in [-0.2, -0.15) is 11.8 Å². The Bertz CT molecular complexity index is 376. The van der Waals surface area contributed by atoms with Crippen LogP contribution in [0.2, 0.25) is 5.02 Å². The van der Waals surface area contributed by atoms with Gasteiger partial charge in [-0.15, -0.1) is 0 Å². The minimum Gasteiger partial charge on any atom is -0.495 e. The van der Waals surface area contributed by atoms with Gasteiger partial charge in [0.15, 0.2) is 0 Å². The summed E-state index contributed by atoms with van der Waals surface area (Å²) in [4.78, 5) is 0. The maximum absolute atomic E-state index is 6.16. The molecule has 1 aromatic rings. The Morgan fingerprint density at radius 2 is 2.06 bits per heavy atom. The molecule has 1 unspecified atom stereocenters. The van der Waals surface area contributed by atoms with Gasteiger partial charge in [0.05, 0.1) is 12.1 Å². The number of halogens is 1. The molecule has 17 heavy (non-hydrogen) atoms. The zero-order valence-corrected chi connectivity index (χ0v) is 12.4. The van der Waals surface area contributed by atoms with Crippen LogP contribution in [-0.2, 0) is 0 Å². The predicted octanol–water partition coefficient (Wildman–Crippen LogP) is 3.88. The smallest absolute Gasteiger partial charge is 0.137 e. The van der Waals surface area contributed by atoms with Crippen LogP contribution in [0.1, 0.15) is 32.4 Å². The van der Waals surface area contributed by atoms with Gasteiger partial charge in [-0.1, -0.05) is 38.4 Å². The first-order valence-electron chi connectivity index (χ1n) is 5.56. The van der Waals surface area contributed by atoms with Crippen LogP contribution in [0.5, 0.6) is 5.75 Å². The molecule has 2 nitrogen and oxygen atoms in total. The Kier molecular flexibility index (Phi) is 5.17. The zero-order valence-electron chi connectivity index (χ0n) is 10.8. The molecule has 0 saturated heterocycles. The van der Waals surface area contributed by atoms with E-state index in [9.17, 15) is 0 Å². The molecule has 1 aromatic carbocycles. The molecule has 0 fully saturated rings. The molecule has 0 aliphatic heterocycles. The summed E-state index contributed by atoms with van der Waals surface area (Å²) in [5.74, 6) is 1.56. The zero-order chi connectivity index (χ0) is 13.1. The molecule has 0 amide bonds. The second-order valence-corrected chi connectivity index (χ2v) is 7.18. The average Bonchev–Trinajstić information content (AvgIpc) is 2.25. The Morgan fingerprint density at radius 1 is 1.41 bits per heavy atom. The van der Waals surface area contributed by atoms with Crippen LogP contribution in [0, 0.1) is 0 Å². The largest absolute Gasteiger partial charge is 0.495 e. The van der Waals surface area contributed by atoms with E-state index in [1.807, 2.05) is 30.0 Å². The highest BCUT2D eigenvalue weighted by atomic mass is 35.5. The molecule has 0 aliphatic carbocycles. The van der Waals surface area contributed by atoms with Crippen molar-refractivity contribution >= 4 is 23.4 Å². The molecule has 1 rings (SSSR count). The lowest BCUT2D eigenvalue weighted by molar-refractivity contribution is 0.414. The minimum atomic E-state index is 0.00499. The highest BCUT2D eigenvalue weighted by Gasteiger charge is 2.15. The lowest BCUT2D eigenvalue weighted by atomic mass is 10.1. The number of thioether (sulfide) groups is 1. The second kappa shape index (κ2) is 5.98.